The van der Waals surface area contributed by atoms with Crippen molar-refractivity contribution in [1.29, 1.82) is 0 Å². The number of rotatable bonds is 4. The zero-order valence-corrected chi connectivity index (χ0v) is 11.8. The van der Waals surface area contributed by atoms with E-state index in [1.807, 2.05) is 31.2 Å². The summed E-state index contributed by atoms with van der Waals surface area (Å²) in [6.07, 6.45) is 1.60. The molecule has 0 spiro atoms. The summed E-state index contributed by atoms with van der Waals surface area (Å²) in [5.41, 5.74) is 1.80. The highest BCUT2D eigenvalue weighted by Crippen LogP contribution is 2.21. The molecular formula is C12H14N2O2S2. The molecule has 1 aromatic heterocycles. The molecule has 0 fully saturated rings. The Labute approximate surface area is 111 Å². The number of hydrogen-bond acceptors (Lipinski definition) is 4. The van der Waals surface area contributed by atoms with Crippen molar-refractivity contribution in [2.24, 2.45) is 0 Å². The Kier molecular flexibility index (Phi) is 3.68. The summed E-state index contributed by atoms with van der Waals surface area (Å²) in [6.45, 7) is 1.91. The molecule has 0 aliphatic carbocycles. The molecule has 0 aliphatic rings. The van der Waals surface area contributed by atoms with Gasteiger partial charge in [-0.2, -0.15) is 0 Å². The molecule has 1 heterocycles. The van der Waals surface area contributed by atoms with E-state index >= 15 is 0 Å². The van der Waals surface area contributed by atoms with Gasteiger partial charge in [0, 0.05) is 18.6 Å². The minimum atomic E-state index is -3.38. The topological polar surface area (TPSA) is 50.3 Å². The number of nitrogens with zero attached hydrogens (tertiary/aromatic N) is 2. The molecule has 4 nitrogen and oxygen atoms in total. The van der Waals surface area contributed by atoms with Crippen molar-refractivity contribution in [2.75, 3.05) is 11.4 Å². The summed E-state index contributed by atoms with van der Waals surface area (Å²) < 4.78 is 25.7. The minimum Gasteiger partial charge on any atom is -0.248 e. The van der Waals surface area contributed by atoms with E-state index in [0.717, 1.165) is 11.1 Å². The van der Waals surface area contributed by atoms with Crippen LogP contribution in [0.4, 0.5) is 5.13 Å². The number of thiazole rings is 1. The van der Waals surface area contributed by atoms with Crippen LogP contribution in [0.2, 0.25) is 0 Å². The van der Waals surface area contributed by atoms with Gasteiger partial charge in [-0.05, 0) is 18.1 Å². The highest BCUT2D eigenvalue weighted by molar-refractivity contribution is 7.92. The fourth-order valence-corrected chi connectivity index (χ4v) is 3.73. The largest absolute Gasteiger partial charge is 0.248 e. The Morgan fingerprint density at radius 2 is 2.06 bits per heavy atom. The van der Waals surface area contributed by atoms with Crippen molar-refractivity contribution in [3.8, 4) is 0 Å². The zero-order valence-electron chi connectivity index (χ0n) is 10.2. The number of aryl methyl sites for hydroxylation is 1. The monoisotopic (exact) mass is 282 g/mol. The third kappa shape index (κ3) is 2.70. The Morgan fingerprint density at radius 1 is 1.33 bits per heavy atom. The lowest BCUT2D eigenvalue weighted by molar-refractivity contribution is 0.593. The summed E-state index contributed by atoms with van der Waals surface area (Å²) >= 11 is 1.31. The van der Waals surface area contributed by atoms with Crippen molar-refractivity contribution in [3.63, 3.8) is 0 Å². The smallest absolute Gasteiger partial charge is 0.240 e. The normalized spacial score (nSPS) is 11.4. The second-order valence-corrected chi connectivity index (χ2v) is 6.84. The molecule has 0 N–H and O–H groups in total. The minimum absolute atomic E-state index is 0.00421. The van der Waals surface area contributed by atoms with Crippen LogP contribution >= 0.6 is 11.3 Å². The molecule has 2 rings (SSSR count). The second kappa shape index (κ2) is 5.07. The molecule has 0 aliphatic heterocycles. The van der Waals surface area contributed by atoms with Gasteiger partial charge in [-0.1, -0.05) is 24.3 Å². The highest BCUT2D eigenvalue weighted by atomic mass is 32.2. The summed E-state index contributed by atoms with van der Waals surface area (Å²) in [6, 6.07) is 7.49. The molecule has 0 radical (unpaired) electrons. The second-order valence-electron chi connectivity index (χ2n) is 3.96. The molecule has 96 valence electrons. The lowest BCUT2D eigenvalue weighted by Gasteiger charge is -2.16. The molecular weight excluding hydrogens is 268 g/mol. The SMILES string of the molecule is Cc1ccccc1CS(=O)(=O)N(C)c1nccs1. The third-order valence-electron chi connectivity index (χ3n) is 2.71. The Bertz CT molecular complexity index is 621. The van der Waals surface area contributed by atoms with E-state index in [0.29, 0.717) is 5.13 Å². The molecule has 0 saturated heterocycles. The van der Waals surface area contributed by atoms with Gasteiger partial charge in [0.25, 0.3) is 0 Å². The number of sulfonamides is 1. The van der Waals surface area contributed by atoms with Crippen molar-refractivity contribution in [2.45, 2.75) is 12.7 Å². The van der Waals surface area contributed by atoms with Crippen molar-refractivity contribution in [1.82, 2.24) is 4.98 Å². The van der Waals surface area contributed by atoms with Crippen molar-refractivity contribution < 1.29 is 8.42 Å². The first-order chi connectivity index (χ1) is 8.50. The average molecular weight is 282 g/mol. The maximum atomic E-state index is 12.2. The van der Waals surface area contributed by atoms with Gasteiger partial charge in [-0.3, -0.25) is 0 Å². The molecule has 0 atom stereocenters. The van der Waals surface area contributed by atoms with Crippen molar-refractivity contribution >= 4 is 26.5 Å². The number of aromatic nitrogens is 1. The highest BCUT2D eigenvalue weighted by Gasteiger charge is 2.21. The van der Waals surface area contributed by atoms with Crippen LogP contribution in [0.1, 0.15) is 11.1 Å². The van der Waals surface area contributed by atoms with Crippen LogP contribution in [-0.4, -0.2) is 20.4 Å². The van der Waals surface area contributed by atoms with Crippen LogP contribution in [0, 0.1) is 6.92 Å². The maximum Gasteiger partial charge on any atom is 0.240 e. The van der Waals surface area contributed by atoms with Crippen LogP contribution in [-0.2, 0) is 15.8 Å². The summed E-state index contributed by atoms with van der Waals surface area (Å²) in [5, 5.41) is 2.25. The summed E-state index contributed by atoms with van der Waals surface area (Å²) in [5.74, 6) is -0.00421. The lowest BCUT2D eigenvalue weighted by atomic mass is 10.1. The van der Waals surface area contributed by atoms with Gasteiger partial charge in [0.15, 0.2) is 5.13 Å². The predicted molar refractivity (Wildman–Crippen MR) is 74.3 cm³/mol. The lowest BCUT2D eigenvalue weighted by Crippen LogP contribution is -2.27. The Balaban J connectivity index is 2.25. The Hall–Kier alpha value is -1.40. The van der Waals surface area contributed by atoms with Gasteiger partial charge in [0.05, 0.1) is 5.75 Å². The Morgan fingerprint density at radius 3 is 2.67 bits per heavy atom. The molecule has 0 unspecified atom stereocenters. The van der Waals surface area contributed by atoms with Gasteiger partial charge >= 0.3 is 0 Å². The quantitative estimate of drug-likeness (QED) is 0.865. The zero-order chi connectivity index (χ0) is 13.2. The van der Waals surface area contributed by atoms with E-state index in [9.17, 15) is 8.42 Å². The predicted octanol–water partition coefficient (Wildman–Crippen LogP) is 2.42. The molecule has 0 amide bonds. The van der Waals surface area contributed by atoms with Gasteiger partial charge in [0.1, 0.15) is 0 Å². The maximum absolute atomic E-state index is 12.2. The van der Waals surface area contributed by atoms with Crippen molar-refractivity contribution in [3.05, 3.63) is 47.0 Å². The first kappa shape index (κ1) is 13.0. The molecule has 2 aromatic rings. The average Bonchev–Trinajstić information content (AvgIpc) is 2.84. The standard InChI is InChI=1S/C12H14N2O2S2/c1-10-5-3-4-6-11(10)9-18(15,16)14(2)12-13-7-8-17-12/h3-8H,9H2,1-2H3. The fraction of sp³-hybridized carbons (Fsp3) is 0.250. The molecule has 1 aromatic carbocycles. The van der Waals surface area contributed by atoms with Crippen LogP contribution < -0.4 is 4.31 Å². The van der Waals surface area contributed by atoms with Crippen LogP contribution in [0.15, 0.2) is 35.8 Å². The number of benzene rings is 1. The molecule has 6 heteroatoms. The van der Waals surface area contributed by atoms with Crippen LogP contribution in [0.5, 0.6) is 0 Å². The van der Waals surface area contributed by atoms with Gasteiger partial charge < -0.3 is 0 Å². The summed E-state index contributed by atoms with van der Waals surface area (Å²) in [7, 11) is -1.84. The van der Waals surface area contributed by atoms with Gasteiger partial charge in [-0.25, -0.2) is 17.7 Å². The van der Waals surface area contributed by atoms with E-state index in [1.165, 1.54) is 22.7 Å². The van der Waals surface area contributed by atoms with E-state index in [4.69, 9.17) is 0 Å². The van der Waals surface area contributed by atoms with Crippen LogP contribution in [0.25, 0.3) is 0 Å². The first-order valence-electron chi connectivity index (χ1n) is 5.41. The van der Waals surface area contributed by atoms with Crippen LogP contribution in [0.3, 0.4) is 0 Å². The number of anilines is 1. The van der Waals surface area contributed by atoms with Gasteiger partial charge in [0.2, 0.25) is 10.0 Å². The fourth-order valence-electron chi connectivity index (χ4n) is 1.56. The molecule has 0 bridgehead atoms. The third-order valence-corrected chi connectivity index (χ3v) is 5.35. The summed E-state index contributed by atoms with van der Waals surface area (Å²) in [4.78, 5) is 4.01. The molecule has 18 heavy (non-hydrogen) atoms. The van der Waals surface area contributed by atoms with E-state index < -0.39 is 10.0 Å². The van der Waals surface area contributed by atoms with E-state index in [1.54, 1.807) is 11.6 Å². The van der Waals surface area contributed by atoms with Gasteiger partial charge in [-0.15, -0.1) is 11.3 Å². The number of hydrogen-bond donors (Lipinski definition) is 0. The first-order valence-corrected chi connectivity index (χ1v) is 7.90. The van der Waals surface area contributed by atoms with E-state index in [2.05, 4.69) is 4.98 Å². The van der Waals surface area contributed by atoms with E-state index in [-0.39, 0.29) is 5.75 Å². The molecule has 0 saturated carbocycles.